The minimum absolute atomic E-state index is 0.0113. The summed E-state index contributed by atoms with van der Waals surface area (Å²) in [6.07, 6.45) is 5.00. The molecule has 0 spiro atoms. The molecule has 21 heavy (non-hydrogen) atoms. The molecule has 0 aliphatic heterocycles. The summed E-state index contributed by atoms with van der Waals surface area (Å²) in [5.74, 6) is 1.40. The monoisotopic (exact) mass is 288 g/mol. The second kappa shape index (κ2) is 7.60. The Labute approximate surface area is 128 Å². The van der Waals surface area contributed by atoms with Crippen molar-refractivity contribution in [3.8, 4) is 0 Å². The van der Waals surface area contributed by atoms with Crippen LogP contribution in [0.15, 0.2) is 30.3 Å². The Bertz CT molecular complexity index is 436. The van der Waals surface area contributed by atoms with Crippen LogP contribution in [0.4, 0.5) is 0 Å². The van der Waals surface area contributed by atoms with Crippen molar-refractivity contribution in [2.24, 2.45) is 17.6 Å². The molecular formula is C18H28N2O. The lowest BCUT2D eigenvalue weighted by Gasteiger charge is -2.32. The van der Waals surface area contributed by atoms with E-state index in [1.54, 1.807) is 0 Å². The van der Waals surface area contributed by atoms with Crippen LogP contribution in [-0.2, 0) is 11.2 Å². The van der Waals surface area contributed by atoms with Crippen molar-refractivity contribution < 1.29 is 4.79 Å². The highest BCUT2D eigenvalue weighted by Crippen LogP contribution is 2.28. The molecule has 3 nitrogen and oxygen atoms in total. The molecule has 3 heteroatoms. The smallest absolute Gasteiger partial charge is 0.237 e. The summed E-state index contributed by atoms with van der Waals surface area (Å²) >= 11 is 0. The molecule has 1 saturated carbocycles. The predicted octanol–water partition coefficient (Wildman–Crippen LogP) is 2.89. The molecule has 3 N–H and O–H groups in total. The number of carbonyl (C=O) groups excluding carboxylic acids is 1. The molecule has 0 bridgehead atoms. The zero-order chi connectivity index (χ0) is 15.2. The number of hydrogen-bond donors (Lipinski definition) is 2. The molecule has 1 aliphatic rings. The van der Waals surface area contributed by atoms with Crippen molar-refractivity contribution in [1.82, 2.24) is 5.32 Å². The lowest BCUT2D eigenvalue weighted by atomic mass is 9.80. The molecule has 116 valence electrons. The van der Waals surface area contributed by atoms with E-state index in [0.29, 0.717) is 24.3 Å². The van der Waals surface area contributed by atoms with Gasteiger partial charge in [-0.3, -0.25) is 4.79 Å². The molecule has 1 aromatic rings. The van der Waals surface area contributed by atoms with Crippen LogP contribution in [0.5, 0.6) is 0 Å². The molecule has 0 heterocycles. The third kappa shape index (κ3) is 5.16. The van der Waals surface area contributed by atoms with E-state index in [4.69, 9.17) is 5.73 Å². The Morgan fingerprint density at radius 2 is 1.81 bits per heavy atom. The normalized spacial score (nSPS) is 27.1. The van der Waals surface area contributed by atoms with Crippen LogP contribution < -0.4 is 11.1 Å². The second-order valence-corrected chi connectivity index (χ2v) is 6.75. The van der Waals surface area contributed by atoms with Crippen LogP contribution in [0, 0.1) is 11.8 Å². The summed E-state index contributed by atoms with van der Waals surface area (Å²) in [6.45, 7) is 4.54. The second-order valence-electron chi connectivity index (χ2n) is 6.75. The topological polar surface area (TPSA) is 55.1 Å². The minimum atomic E-state index is -0.405. The number of aryl methyl sites for hydroxylation is 1. The Balaban J connectivity index is 1.77. The van der Waals surface area contributed by atoms with Crippen LogP contribution in [0.2, 0.25) is 0 Å². The van der Waals surface area contributed by atoms with Gasteiger partial charge in [0, 0.05) is 6.04 Å². The van der Waals surface area contributed by atoms with Gasteiger partial charge in [0.25, 0.3) is 0 Å². The molecule has 2 unspecified atom stereocenters. The van der Waals surface area contributed by atoms with Crippen LogP contribution in [0.25, 0.3) is 0 Å². The molecule has 1 fully saturated rings. The molecular weight excluding hydrogens is 260 g/mol. The summed E-state index contributed by atoms with van der Waals surface area (Å²) in [4.78, 5) is 12.2. The first kappa shape index (κ1) is 16.0. The Hall–Kier alpha value is -1.35. The molecule has 1 amide bonds. The Morgan fingerprint density at radius 3 is 2.43 bits per heavy atom. The van der Waals surface area contributed by atoms with Gasteiger partial charge in [-0.1, -0.05) is 44.2 Å². The molecule has 1 aromatic carbocycles. The first-order valence-corrected chi connectivity index (χ1v) is 8.14. The quantitative estimate of drug-likeness (QED) is 0.875. The predicted molar refractivity (Wildman–Crippen MR) is 86.8 cm³/mol. The van der Waals surface area contributed by atoms with Crippen LogP contribution >= 0.6 is 0 Å². The maximum absolute atomic E-state index is 12.2. The van der Waals surface area contributed by atoms with Gasteiger partial charge < -0.3 is 11.1 Å². The average molecular weight is 288 g/mol. The summed E-state index contributed by atoms with van der Waals surface area (Å²) in [6, 6.07) is 10.1. The summed E-state index contributed by atoms with van der Waals surface area (Å²) in [5, 5.41) is 3.15. The first-order valence-electron chi connectivity index (χ1n) is 8.14. The van der Waals surface area contributed by atoms with Gasteiger partial charge in [0.05, 0.1) is 6.04 Å². The number of hydrogen-bond acceptors (Lipinski definition) is 2. The van der Waals surface area contributed by atoms with Crippen molar-refractivity contribution in [1.29, 1.82) is 0 Å². The van der Waals surface area contributed by atoms with Gasteiger partial charge in [-0.2, -0.15) is 0 Å². The zero-order valence-electron chi connectivity index (χ0n) is 13.2. The van der Waals surface area contributed by atoms with E-state index in [2.05, 4.69) is 31.3 Å². The third-order valence-corrected chi connectivity index (χ3v) is 4.45. The van der Waals surface area contributed by atoms with E-state index in [1.165, 1.54) is 12.0 Å². The third-order valence-electron chi connectivity index (χ3n) is 4.45. The van der Waals surface area contributed by atoms with E-state index >= 15 is 0 Å². The van der Waals surface area contributed by atoms with E-state index in [-0.39, 0.29) is 5.91 Å². The SMILES string of the molecule is CC1CC(C)CC(NC(=O)[C@@H](N)CCc2ccccc2)C1. The number of nitrogens with one attached hydrogen (secondary N) is 1. The van der Waals surface area contributed by atoms with Gasteiger partial charge in [0.2, 0.25) is 5.91 Å². The maximum atomic E-state index is 12.2. The van der Waals surface area contributed by atoms with Gasteiger partial charge in [-0.05, 0) is 49.5 Å². The van der Waals surface area contributed by atoms with E-state index in [9.17, 15) is 4.79 Å². The molecule has 0 radical (unpaired) electrons. The highest BCUT2D eigenvalue weighted by Gasteiger charge is 2.26. The van der Waals surface area contributed by atoms with Crippen molar-refractivity contribution >= 4 is 5.91 Å². The van der Waals surface area contributed by atoms with Crippen molar-refractivity contribution in [2.45, 2.75) is 58.0 Å². The van der Waals surface area contributed by atoms with Crippen LogP contribution in [-0.4, -0.2) is 18.0 Å². The average Bonchev–Trinajstić information content (AvgIpc) is 2.44. The van der Waals surface area contributed by atoms with Gasteiger partial charge >= 0.3 is 0 Å². The molecule has 2 rings (SSSR count). The van der Waals surface area contributed by atoms with Crippen LogP contribution in [0.1, 0.15) is 45.1 Å². The highest BCUT2D eigenvalue weighted by molar-refractivity contribution is 5.81. The summed E-state index contributed by atoms with van der Waals surface area (Å²) in [7, 11) is 0. The molecule has 3 atom stereocenters. The lowest BCUT2D eigenvalue weighted by Crippen LogP contribution is -2.47. The van der Waals surface area contributed by atoms with Gasteiger partial charge in [-0.25, -0.2) is 0 Å². The highest BCUT2D eigenvalue weighted by atomic mass is 16.2. The van der Waals surface area contributed by atoms with E-state index in [1.807, 2.05) is 18.2 Å². The van der Waals surface area contributed by atoms with Gasteiger partial charge in [-0.15, -0.1) is 0 Å². The first-order chi connectivity index (χ1) is 10.0. The fourth-order valence-corrected chi connectivity index (χ4v) is 3.47. The largest absolute Gasteiger partial charge is 0.352 e. The minimum Gasteiger partial charge on any atom is -0.352 e. The molecule has 0 saturated heterocycles. The van der Waals surface area contributed by atoms with Crippen molar-refractivity contribution in [3.05, 3.63) is 35.9 Å². The standard InChI is InChI=1S/C18H28N2O/c1-13-10-14(2)12-16(11-13)20-18(21)17(19)9-8-15-6-4-3-5-7-15/h3-7,13-14,16-17H,8-12,19H2,1-2H3,(H,20,21)/t13?,14?,16?,17-/m0/s1. The van der Waals surface area contributed by atoms with Gasteiger partial charge in [0.1, 0.15) is 0 Å². The Kier molecular flexibility index (Phi) is 5.80. The fraction of sp³-hybridized carbons (Fsp3) is 0.611. The molecule has 1 aliphatic carbocycles. The number of carbonyl (C=O) groups is 1. The fourth-order valence-electron chi connectivity index (χ4n) is 3.47. The summed E-state index contributed by atoms with van der Waals surface area (Å²) in [5.41, 5.74) is 7.28. The van der Waals surface area contributed by atoms with Crippen molar-refractivity contribution in [3.63, 3.8) is 0 Å². The van der Waals surface area contributed by atoms with E-state index in [0.717, 1.165) is 19.3 Å². The molecule has 0 aromatic heterocycles. The zero-order valence-corrected chi connectivity index (χ0v) is 13.2. The van der Waals surface area contributed by atoms with Crippen molar-refractivity contribution in [2.75, 3.05) is 0 Å². The maximum Gasteiger partial charge on any atom is 0.237 e. The lowest BCUT2D eigenvalue weighted by molar-refractivity contribution is -0.123. The number of nitrogens with two attached hydrogens (primary N) is 1. The van der Waals surface area contributed by atoms with Crippen LogP contribution in [0.3, 0.4) is 0 Å². The van der Waals surface area contributed by atoms with E-state index < -0.39 is 6.04 Å². The number of amides is 1. The Morgan fingerprint density at radius 1 is 1.19 bits per heavy atom. The van der Waals surface area contributed by atoms with Gasteiger partial charge in [0.15, 0.2) is 0 Å². The number of rotatable bonds is 5. The summed E-state index contributed by atoms with van der Waals surface area (Å²) < 4.78 is 0. The number of benzene rings is 1.